The lowest BCUT2D eigenvalue weighted by atomic mass is 9.90. The maximum absolute atomic E-state index is 11.7. The Morgan fingerprint density at radius 2 is 1.53 bits per heavy atom. The van der Waals surface area contributed by atoms with Crippen molar-refractivity contribution in [1.82, 2.24) is 0 Å². The van der Waals surface area contributed by atoms with Crippen molar-refractivity contribution in [1.29, 1.82) is 0 Å². The number of aryl methyl sites for hydroxylation is 2. The predicted molar refractivity (Wildman–Crippen MR) is 141 cm³/mol. The van der Waals surface area contributed by atoms with Crippen LogP contribution in [0.3, 0.4) is 0 Å². The highest BCUT2D eigenvalue weighted by molar-refractivity contribution is 5.81. The van der Waals surface area contributed by atoms with E-state index < -0.39 is 5.97 Å². The molecule has 1 N–H and O–H groups in total. The van der Waals surface area contributed by atoms with E-state index in [4.69, 9.17) is 4.74 Å². The Morgan fingerprint density at radius 3 is 2.21 bits per heavy atom. The van der Waals surface area contributed by atoms with Gasteiger partial charge in [-0.1, -0.05) is 93.9 Å². The topological polar surface area (TPSA) is 46.5 Å². The third-order valence-corrected chi connectivity index (χ3v) is 6.24. The zero-order valence-corrected chi connectivity index (χ0v) is 20.5. The summed E-state index contributed by atoms with van der Waals surface area (Å²) in [7, 11) is 0. The van der Waals surface area contributed by atoms with E-state index in [9.17, 15) is 9.90 Å². The van der Waals surface area contributed by atoms with E-state index in [1.807, 2.05) is 0 Å². The molecule has 178 valence electrons. The van der Waals surface area contributed by atoms with Gasteiger partial charge in [-0.15, -0.1) is 0 Å². The van der Waals surface area contributed by atoms with Crippen LogP contribution < -0.4 is 0 Å². The summed E-state index contributed by atoms with van der Waals surface area (Å²) in [5.41, 5.74) is 9.32. The minimum absolute atomic E-state index is 0.163. The van der Waals surface area contributed by atoms with Crippen LogP contribution >= 0.6 is 0 Å². The van der Waals surface area contributed by atoms with Gasteiger partial charge >= 0.3 is 5.97 Å². The number of hydrogen-bond donors (Lipinski definition) is 1. The van der Waals surface area contributed by atoms with Gasteiger partial charge < -0.3 is 9.84 Å². The fourth-order valence-electron chi connectivity index (χ4n) is 4.31. The van der Waals surface area contributed by atoms with Gasteiger partial charge in [0.1, 0.15) is 6.61 Å². The highest BCUT2D eigenvalue weighted by Gasteiger charge is 2.12. The van der Waals surface area contributed by atoms with Crippen LogP contribution in [-0.4, -0.2) is 17.7 Å². The van der Waals surface area contributed by atoms with Crippen molar-refractivity contribution in [3.05, 3.63) is 95.6 Å². The van der Waals surface area contributed by atoms with Crippen LogP contribution in [0.25, 0.3) is 22.3 Å². The van der Waals surface area contributed by atoms with Gasteiger partial charge in [0.25, 0.3) is 0 Å². The molecule has 3 aromatic rings. The summed E-state index contributed by atoms with van der Waals surface area (Å²) >= 11 is 0. The van der Waals surface area contributed by atoms with Crippen LogP contribution in [0.15, 0.2) is 73.3 Å². The van der Waals surface area contributed by atoms with Gasteiger partial charge in [0.15, 0.2) is 0 Å². The number of esters is 1. The summed E-state index contributed by atoms with van der Waals surface area (Å²) in [4.78, 5) is 11.7. The molecule has 0 heterocycles. The zero-order valence-electron chi connectivity index (χ0n) is 20.5. The van der Waals surface area contributed by atoms with Crippen molar-refractivity contribution in [2.24, 2.45) is 0 Å². The number of benzene rings is 3. The second-order valence-corrected chi connectivity index (χ2v) is 8.66. The lowest BCUT2D eigenvalue weighted by Crippen LogP contribution is -2.03. The first kappa shape index (κ1) is 25.5. The fourth-order valence-corrected chi connectivity index (χ4v) is 4.31. The number of unbranched alkanes of at least 4 members (excludes halogenated alkanes) is 2. The van der Waals surface area contributed by atoms with E-state index >= 15 is 0 Å². The Bertz CT molecular complexity index is 1100. The van der Waals surface area contributed by atoms with Crippen molar-refractivity contribution in [3.63, 3.8) is 0 Å². The Kier molecular flexibility index (Phi) is 9.66. The largest absolute Gasteiger partial charge is 0.458 e. The van der Waals surface area contributed by atoms with Gasteiger partial charge in [0.05, 0.1) is 0 Å². The summed E-state index contributed by atoms with van der Waals surface area (Å²) in [6.45, 7) is 8.29. The molecule has 0 unspecified atom stereocenters. The molecular formula is C31H36O3. The Morgan fingerprint density at radius 1 is 0.853 bits per heavy atom. The molecule has 34 heavy (non-hydrogen) atoms. The molecular weight excluding hydrogens is 420 g/mol. The molecule has 0 aromatic heterocycles. The molecule has 0 atom stereocenters. The van der Waals surface area contributed by atoms with Crippen LogP contribution in [0.5, 0.6) is 0 Å². The minimum Gasteiger partial charge on any atom is -0.458 e. The Hall–Kier alpha value is -3.17. The third-order valence-electron chi connectivity index (χ3n) is 6.24. The van der Waals surface area contributed by atoms with Gasteiger partial charge in [-0.05, 0) is 70.2 Å². The van der Waals surface area contributed by atoms with E-state index in [2.05, 4.69) is 81.1 Å². The van der Waals surface area contributed by atoms with E-state index in [0.717, 1.165) is 41.5 Å². The first-order chi connectivity index (χ1) is 16.6. The summed E-state index contributed by atoms with van der Waals surface area (Å²) in [6.07, 6.45) is 7.39. The van der Waals surface area contributed by atoms with Crippen molar-refractivity contribution in [2.45, 2.75) is 59.0 Å². The molecule has 3 rings (SSSR count). The molecule has 0 saturated heterocycles. The molecule has 3 aromatic carbocycles. The smallest absolute Gasteiger partial charge is 0.330 e. The van der Waals surface area contributed by atoms with Gasteiger partial charge in [-0.3, -0.25) is 0 Å². The number of hydrogen-bond acceptors (Lipinski definition) is 3. The van der Waals surface area contributed by atoms with E-state index in [1.54, 1.807) is 0 Å². The highest BCUT2D eigenvalue weighted by atomic mass is 16.5. The monoisotopic (exact) mass is 456 g/mol. The molecule has 0 fully saturated rings. The summed E-state index contributed by atoms with van der Waals surface area (Å²) < 4.78 is 5.43. The zero-order chi connectivity index (χ0) is 24.3. The second-order valence-electron chi connectivity index (χ2n) is 8.66. The average Bonchev–Trinajstić information content (AvgIpc) is 2.88. The maximum atomic E-state index is 11.7. The van der Waals surface area contributed by atoms with Crippen molar-refractivity contribution in [2.75, 3.05) is 6.61 Å². The minimum atomic E-state index is -0.406. The number of aliphatic hydroxyl groups is 1. The van der Waals surface area contributed by atoms with Crippen LogP contribution in [0.1, 0.15) is 55.4 Å². The van der Waals surface area contributed by atoms with Gasteiger partial charge in [-0.2, -0.15) is 0 Å². The normalized spacial score (nSPS) is 10.8. The van der Waals surface area contributed by atoms with Crippen LogP contribution in [-0.2, 0) is 35.4 Å². The predicted octanol–water partition coefficient (Wildman–Crippen LogP) is 7.08. The fraction of sp³-hybridized carbons (Fsp3) is 0.323. The van der Waals surface area contributed by atoms with Crippen LogP contribution in [0, 0.1) is 0 Å². The first-order valence-corrected chi connectivity index (χ1v) is 12.3. The molecule has 0 bridgehead atoms. The molecule has 0 aliphatic heterocycles. The molecule has 0 amide bonds. The number of ether oxygens (including phenoxy) is 1. The summed E-state index contributed by atoms with van der Waals surface area (Å²) in [5.74, 6) is -0.406. The number of rotatable bonds is 12. The number of carbonyl (C=O) groups is 1. The number of carbonyl (C=O) groups excluding carboxylic acids is 1. The van der Waals surface area contributed by atoms with Gasteiger partial charge in [-0.25, -0.2) is 4.79 Å². The molecule has 0 saturated carbocycles. The Balaban J connectivity index is 1.94. The van der Waals surface area contributed by atoms with Crippen LogP contribution in [0.4, 0.5) is 0 Å². The van der Waals surface area contributed by atoms with E-state index in [1.165, 1.54) is 41.2 Å². The standard InChI is InChI=1S/C31H36O3/c1-4-7-8-9-24-12-16-30(28(20-24)22-34-31(33)6-3)27-15-17-29(25(5-2)21-27)26-13-10-23(11-14-26)18-19-32/h6,10-17,20-21,32H,3-5,7-9,18-19,22H2,1-2H3. The lowest BCUT2D eigenvalue weighted by molar-refractivity contribution is -0.138. The molecule has 3 heteroatoms. The van der Waals surface area contributed by atoms with Gasteiger partial charge in [0.2, 0.25) is 0 Å². The molecule has 0 radical (unpaired) electrons. The van der Waals surface area contributed by atoms with E-state index in [0.29, 0.717) is 6.42 Å². The second kappa shape index (κ2) is 12.9. The Labute approximate surface area is 204 Å². The van der Waals surface area contributed by atoms with Crippen molar-refractivity contribution >= 4 is 5.97 Å². The van der Waals surface area contributed by atoms with Crippen molar-refractivity contribution in [3.8, 4) is 22.3 Å². The lowest BCUT2D eigenvalue weighted by Gasteiger charge is -2.16. The SMILES string of the molecule is C=CC(=O)OCc1cc(CCCCC)ccc1-c1ccc(-c2ccc(CCO)cc2)c(CC)c1. The highest BCUT2D eigenvalue weighted by Crippen LogP contribution is 2.32. The maximum Gasteiger partial charge on any atom is 0.330 e. The summed E-state index contributed by atoms with van der Waals surface area (Å²) in [6, 6.07) is 21.6. The first-order valence-electron chi connectivity index (χ1n) is 12.3. The third kappa shape index (κ3) is 6.68. The molecule has 3 nitrogen and oxygen atoms in total. The van der Waals surface area contributed by atoms with Crippen LogP contribution in [0.2, 0.25) is 0 Å². The quantitative estimate of drug-likeness (QED) is 0.180. The average molecular weight is 457 g/mol. The van der Waals surface area contributed by atoms with Crippen molar-refractivity contribution < 1.29 is 14.6 Å². The molecule has 0 aliphatic carbocycles. The summed E-state index contributed by atoms with van der Waals surface area (Å²) in [5, 5.41) is 9.17. The molecule has 0 spiro atoms. The number of aliphatic hydroxyl groups excluding tert-OH is 1. The molecule has 0 aliphatic rings. The van der Waals surface area contributed by atoms with E-state index in [-0.39, 0.29) is 13.2 Å². The van der Waals surface area contributed by atoms with Gasteiger partial charge in [0, 0.05) is 12.7 Å².